The van der Waals surface area contributed by atoms with Crippen LogP contribution < -0.4 is 10.1 Å². The first-order valence-corrected chi connectivity index (χ1v) is 9.98. The molecule has 0 unspecified atom stereocenters. The molecule has 0 aliphatic heterocycles. The summed E-state index contributed by atoms with van der Waals surface area (Å²) in [7, 11) is 0. The fourth-order valence-corrected chi connectivity index (χ4v) is 3.22. The lowest BCUT2D eigenvalue weighted by Crippen LogP contribution is -2.12. The summed E-state index contributed by atoms with van der Waals surface area (Å²) < 4.78 is 12.7. The van der Waals surface area contributed by atoms with E-state index in [0.29, 0.717) is 29.1 Å². The van der Waals surface area contributed by atoms with Crippen LogP contribution in [-0.4, -0.2) is 31.0 Å². The highest BCUT2D eigenvalue weighted by Crippen LogP contribution is 2.40. The lowest BCUT2D eigenvalue weighted by atomic mass is 10.2. The quantitative estimate of drug-likeness (QED) is 0.502. The molecule has 0 bridgehead atoms. The third-order valence-electron chi connectivity index (χ3n) is 4.93. The van der Waals surface area contributed by atoms with Crippen molar-refractivity contribution in [3.63, 3.8) is 0 Å². The van der Waals surface area contributed by atoms with Crippen molar-refractivity contribution in [3.05, 3.63) is 71.4 Å². The molecule has 0 saturated heterocycles. The van der Waals surface area contributed by atoms with Crippen molar-refractivity contribution in [2.45, 2.75) is 32.6 Å². The van der Waals surface area contributed by atoms with Crippen molar-refractivity contribution in [2.75, 3.05) is 5.32 Å². The Balaban J connectivity index is 1.21. The first kappa shape index (κ1) is 19.0. The average molecular weight is 416 g/mol. The molecule has 0 radical (unpaired) electrons. The van der Waals surface area contributed by atoms with Gasteiger partial charge in [0.2, 0.25) is 5.88 Å². The first-order chi connectivity index (χ1) is 15.0. The van der Waals surface area contributed by atoms with Crippen LogP contribution in [0.1, 0.15) is 46.4 Å². The third kappa shape index (κ3) is 4.16. The second-order valence-corrected chi connectivity index (χ2v) is 7.54. The Bertz CT molecular complexity index is 1220. The van der Waals surface area contributed by atoms with Gasteiger partial charge in [0, 0.05) is 29.4 Å². The predicted octanol–water partition coefficient (Wildman–Crippen LogP) is 4.19. The van der Waals surface area contributed by atoms with Gasteiger partial charge in [0.15, 0.2) is 11.5 Å². The highest BCUT2D eigenvalue weighted by Gasteiger charge is 2.28. The van der Waals surface area contributed by atoms with Crippen molar-refractivity contribution in [1.82, 2.24) is 25.1 Å². The Kier molecular flexibility index (Phi) is 4.70. The normalized spacial score (nSPS) is 13.2. The van der Waals surface area contributed by atoms with Gasteiger partial charge in [-0.25, -0.2) is 4.68 Å². The Hall–Kier alpha value is -4.01. The maximum absolute atomic E-state index is 12.3. The Morgan fingerprint density at radius 1 is 1.10 bits per heavy atom. The molecule has 4 aromatic rings. The Morgan fingerprint density at radius 3 is 2.55 bits per heavy atom. The molecule has 1 aliphatic carbocycles. The molecule has 1 saturated carbocycles. The topological polar surface area (TPSA) is 108 Å². The first-order valence-electron chi connectivity index (χ1n) is 9.98. The number of anilines is 1. The summed E-state index contributed by atoms with van der Waals surface area (Å²) in [6, 6.07) is 14.2. The molecular formula is C22H20N6O3. The summed E-state index contributed by atoms with van der Waals surface area (Å²) in [5, 5.41) is 19.3. The lowest BCUT2D eigenvalue weighted by molar-refractivity contribution is 0.101. The van der Waals surface area contributed by atoms with Gasteiger partial charge in [-0.1, -0.05) is 5.16 Å². The van der Waals surface area contributed by atoms with E-state index in [-0.39, 0.29) is 11.6 Å². The standard InChI is InChI=1S/C22H20N6O3/c1-13-11-14(2)28(26-13)20-9-10-21(25-24-20)30-17-7-5-16(6-8-17)23-22(29)18-12-19(31-27-18)15-3-4-15/h5-12,15H,3-4H2,1-2H3,(H,23,29). The molecule has 1 amide bonds. The minimum Gasteiger partial charge on any atom is -0.438 e. The van der Waals surface area contributed by atoms with Gasteiger partial charge in [-0.3, -0.25) is 4.79 Å². The van der Waals surface area contributed by atoms with E-state index < -0.39 is 0 Å². The van der Waals surface area contributed by atoms with E-state index in [9.17, 15) is 4.79 Å². The number of carbonyl (C=O) groups is 1. The smallest absolute Gasteiger partial charge is 0.277 e. The molecule has 9 nitrogen and oxygen atoms in total. The fourth-order valence-electron chi connectivity index (χ4n) is 3.22. The number of hydrogen-bond acceptors (Lipinski definition) is 7. The molecule has 3 heterocycles. The van der Waals surface area contributed by atoms with Gasteiger partial charge < -0.3 is 14.6 Å². The van der Waals surface area contributed by atoms with E-state index in [2.05, 4.69) is 25.8 Å². The molecule has 1 aliphatic rings. The summed E-state index contributed by atoms with van der Waals surface area (Å²) in [6.07, 6.45) is 2.18. The van der Waals surface area contributed by atoms with E-state index in [1.807, 2.05) is 19.9 Å². The molecule has 1 N–H and O–H groups in total. The molecule has 3 aromatic heterocycles. The second-order valence-electron chi connectivity index (χ2n) is 7.54. The highest BCUT2D eigenvalue weighted by atomic mass is 16.5. The lowest BCUT2D eigenvalue weighted by Gasteiger charge is -2.07. The molecule has 1 aromatic carbocycles. The SMILES string of the molecule is Cc1cc(C)n(-c2ccc(Oc3ccc(NC(=O)c4cc(C5CC5)on4)cc3)nn2)n1. The molecule has 1 fully saturated rings. The molecule has 31 heavy (non-hydrogen) atoms. The van der Waals surface area contributed by atoms with Crippen LogP contribution in [0.15, 0.2) is 53.1 Å². The minimum absolute atomic E-state index is 0.278. The van der Waals surface area contributed by atoms with Crippen molar-refractivity contribution >= 4 is 11.6 Å². The third-order valence-corrected chi connectivity index (χ3v) is 4.93. The number of aryl methyl sites for hydroxylation is 2. The molecule has 0 spiro atoms. The van der Waals surface area contributed by atoms with Crippen LogP contribution in [0, 0.1) is 13.8 Å². The number of amides is 1. The molecule has 9 heteroatoms. The number of nitrogens with zero attached hydrogens (tertiary/aromatic N) is 5. The van der Waals surface area contributed by atoms with Crippen LogP contribution in [0.2, 0.25) is 0 Å². The summed E-state index contributed by atoms with van der Waals surface area (Å²) in [5.41, 5.74) is 2.80. The summed E-state index contributed by atoms with van der Waals surface area (Å²) in [5.74, 6) is 2.43. The summed E-state index contributed by atoms with van der Waals surface area (Å²) >= 11 is 0. The zero-order chi connectivity index (χ0) is 21.4. The number of rotatable bonds is 6. The van der Waals surface area contributed by atoms with Crippen molar-refractivity contribution < 1.29 is 14.1 Å². The number of carbonyl (C=O) groups excluding carboxylic acids is 1. The van der Waals surface area contributed by atoms with Crippen LogP contribution in [0.4, 0.5) is 5.69 Å². The average Bonchev–Trinajstić information content (AvgIpc) is 3.39. The van der Waals surface area contributed by atoms with E-state index in [1.54, 1.807) is 47.1 Å². The maximum atomic E-state index is 12.3. The van der Waals surface area contributed by atoms with Gasteiger partial charge in [-0.15, -0.1) is 10.2 Å². The highest BCUT2D eigenvalue weighted by molar-refractivity contribution is 6.02. The zero-order valence-corrected chi connectivity index (χ0v) is 17.1. The van der Waals surface area contributed by atoms with Crippen molar-refractivity contribution in [2.24, 2.45) is 0 Å². The monoisotopic (exact) mass is 416 g/mol. The van der Waals surface area contributed by atoms with Gasteiger partial charge in [0.05, 0.1) is 5.69 Å². The fraction of sp³-hybridized carbons (Fsp3) is 0.227. The Labute approximate surface area is 178 Å². The number of benzene rings is 1. The second kappa shape index (κ2) is 7.67. The largest absolute Gasteiger partial charge is 0.438 e. The van der Waals surface area contributed by atoms with E-state index in [1.165, 1.54) is 0 Å². The van der Waals surface area contributed by atoms with Gasteiger partial charge in [-0.2, -0.15) is 5.10 Å². The van der Waals surface area contributed by atoms with Gasteiger partial charge in [-0.05, 0) is 63.1 Å². The summed E-state index contributed by atoms with van der Waals surface area (Å²) in [4.78, 5) is 12.3. The van der Waals surface area contributed by atoms with Crippen LogP contribution in [-0.2, 0) is 0 Å². The van der Waals surface area contributed by atoms with Crippen LogP contribution in [0.5, 0.6) is 11.6 Å². The van der Waals surface area contributed by atoms with Gasteiger partial charge in [0.1, 0.15) is 11.5 Å². The zero-order valence-electron chi connectivity index (χ0n) is 17.1. The molecular weight excluding hydrogens is 396 g/mol. The number of hydrogen-bond donors (Lipinski definition) is 1. The van der Waals surface area contributed by atoms with E-state index in [0.717, 1.165) is 30.0 Å². The summed E-state index contributed by atoms with van der Waals surface area (Å²) in [6.45, 7) is 3.89. The number of nitrogens with one attached hydrogen (secondary N) is 1. The van der Waals surface area contributed by atoms with Crippen LogP contribution in [0.25, 0.3) is 5.82 Å². The van der Waals surface area contributed by atoms with Crippen LogP contribution >= 0.6 is 0 Å². The number of aromatic nitrogens is 5. The van der Waals surface area contributed by atoms with Crippen molar-refractivity contribution in [1.29, 1.82) is 0 Å². The molecule has 0 atom stereocenters. The van der Waals surface area contributed by atoms with Crippen molar-refractivity contribution in [3.8, 4) is 17.4 Å². The van der Waals surface area contributed by atoms with Gasteiger partial charge >= 0.3 is 0 Å². The van der Waals surface area contributed by atoms with Gasteiger partial charge in [0.25, 0.3) is 5.91 Å². The molecule has 156 valence electrons. The maximum Gasteiger partial charge on any atom is 0.277 e. The van der Waals surface area contributed by atoms with E-state index in [4.69, 9.17) is 9.26 Å². The minimum atomic E-state index is -0.310. The number of ether oxygens (including phenoxy) is 1. The van der Waals surface area contributed by atoms with E-state index >= 15 is 0 Å². The molecule has 5 rings (SSSR count). The predicted molar refractivity (Wildman–Crippen MR) is 112 cm³/mol. The van der Waals surface area contributed by atoms with Crippen LogP contribution in [0.3, 0.4) is 0 Å². The Morgan fingerprint density at radius 2 is 1.90 bits per heavy atom.